The van der Waals surface area contributed by atoms with Crippen LogP contribution in [0.3, 0.4) is 0 Å². The summed E-state index contributed by atoms with van der Waals surface area (Å²) in [5, 5.41) is 30.1. The van der Waals surface area contributed by atoms with E-state index in [2.05, 4.69) is 0 Å². The zero-order valence-electron chi connectivity index (χ0n) is 13.2. The van der Waals surface area contributed by atoms with Crippen molar-refractivity contribution in [3.63, 3.8) is 0 Å². The molecule has 1 atom stereocenters. The molecular weight excluding hydrogens is 306 g/mol. The Balaban J connectivity index is 2.83. The van der Waals surface area contributed by atoms with Crippen LogP contribution in [-0.2, 0) is 16.1 Å². The smallest absolute Gasteiger partial charge is 0.305 e. The lowest BCUT2D eigenvalue weighted by Gasteiger charge is -2.13. The highest BCUT2D eigenvalue weighted by Crippen LogP contribution is 2.33. The van der Waals surface area contributed by atoms with Crippen molar-refractivity contribution in [2.24, 2.45) is 0 Å². The zero-order valence-corrected chi connectivity index (χ0v) is 13.2. The molecule has 8 nitrogen and oxygen atoms in total. The van der Waals surface area contributed by atoms with Crippen LogP contribution < -0.4 is 4.74 Å². The second-order valence-electron chi connectivity index (χ2n) is 4.87. The van der Waals surface area contributed by atoms with Crippen molar-refractivity contribution in [1.29, 1.82) is 0 Å². The zero-order chi connectivity index (χ0) is 17.4. The molecule has 0 heterocycles. The number of carbonyl (C=O) groups excluding carboxylic acids is 1. The fourth-order valence-corrected chi connectivity index (χ4v) is 2.02. The van der Waals surface area contributed by atoms with Gasteiger partial charge in [-0.1, -0.05) is 0 Å². The van der Waals surface area contributed by atoms with E-state index in [4.69, 9.17) is 9.47 Å². The summed E-state index contributed by atoms with van der Waals surface area (Å²) in [5.74, 6) is -0.179. The summed E-state index contributed by atoms with van der Waals surface area (Å²) >= 11 is 0. The van der Waals surface area contributed by atoms with Gasteiger partial charge in [-0.15, -0.1) is 0 Å². The van der Waals surface area contributed by atoms with Gasteiger partial charge in [0.05, 0.1) is 42.5 Å². The number of hydrogen-bond donors (Lipinski definition) is 2. The summed E-state index contributed by atoms with van der Waals surface area (Å²) in [6.45, 7) is 3.19. The molecule has 2 N–H and O–H groups in total. The molecule has 0 amide bonds. The van der Waals surface area contributed by atoms with Gasteiger partial charge >= 0.3 is 5.97 Å². The average Bonchev–Trinajstić information content (AvgIpc) is 2.50. The Hall–Kier alpha value is -2.19. The van der Waals surface area contributed by atoms with Crippen molar-refractivity contribution >= 4 is 11.7 Å². The molecule has 0 aliphatic rings. The number of nitro groups is 1. The Bertz CT molecular complexity index is 557. The van der Waals surface area contributed by atoms with E-state index >= 15 is 0 Å². The summed E-state index contributed by atoms with van der Waals surface area (Å²) in [4.78, 5) is 21.7. The van der Waals surface area contributed by atoms with Crippen LogP contribution in [0.4, 0.5) is 5.69 Å². The van der Waals surface area contributed by atoms with Gasteiger partial charge in [0.25, 0.3) is 5.69 Å². The predicted molar refractivity (Wildman–Crippen MR) is 81.0 cm³/mol. The van der Waals surface area contributed by atoms with Crippen LogP contribution in [0.5, 0.6) is 5.75 Å². The number of aliphatic hydroxyl groups excluding tert-OH is 2. The van der Waals surface area contributed by atoms with E-state index in [-0.39, 0.29) is 42.6 Å². The largest absolute Gasteiger partial charge is 0.493 e. The predicted octanol–water partition coefficient (Wildman–Crippen LogP) is 1.86. The maximum atomic E-state index is 11.2. The Morgan fingerprint density at radius 2 is 2.13 bits per heavy atom. The average molecular weight is 327 g/mol. The number of nitro benzene ring substituents is 1. The molecule has 1 aromatic carbocycles. The number of carbonyl (C=O) groups is 1. The van der Waals surface area contributed by atoms with Gasteiger partial charge in [-0.25, -0.2) is 0 Å². The summed E-state index contributed by atoms with van der Waals surface area (Å²) in [5.41, 5.74) is 0.165. The normalized spacial score (nSPS) is 11.8. The standard InChI is InChI=1S/C15H21NO7/c1-3-22-15(19)5-4-6-23-14-8-13(16(20)21)12(10(2)18)7-11(14)9-17/h7-8,10,17-18H,3-6,9H2,1-2H3. The third-order valence-electron chi connectivity index (χ3n) is 3.12. The van der Waals surface area contributed by atoms with Crippen LogP contribution in [0.2, 0.25) is 0 Å². The number of aliphatic hydroxyl groups is 2. The first-order valence-corrected chi connectivity index (χ1v) is 7.29. The fourth-order valence-electron chi connectivity index (χ4n) is 2.02. The highest BCUT2D eigenvalue weighted by molar-refractivity contribution is 5.69. The Kier molecular flexibility index (Phi) is 7.43. The number of esters is 1. The molecule has 23 heavy (non-hydrogen) atoms. The Morgan fingerprint density at radius 3 is 2.65 bits per heavy atom. The molecule has 0 aliphatic heterocycles. The van der Waals surface area contributed by atoms with Gasteiger partial charge in [0.2, 0.25) is 0 Å². The molecule has 0 radical (unpaired) electrons. The number of ether oxygens (including phenoxy) is 2. The first-order valence-electron chi connectivity index (χ1n) is 7.29. The molecule has 1 rings (SSSR count). The second kappa shape index (κ2) is 9.06. The molecule has 0 saturated carbocycles. The van der Waals surface area contributed by atoms with E-state index in [1.54, 1.807) is 6.92 Å². The van der Waals surface area contributed by atoms with Crippen LogP contribution >= 0.6 is 0 Å². The van der Waals surface area contributed by atoms with Crippen LogP contribution in [0, 0.1) is 10.1 Å². The summed E-state index contributed by atoms with van der Waals surface area (Å²) < 4.78 is 10.2. The summed E-state index contributed by atoms with van der Waals surface area (Å²) in [6, 6.07) is 2.53. The molecule has 1 aromatic rings. The van der Waals surface area contributed by atoms with Crippen molar-refractivity contribution in [3.8, 4) is 5.75 Å². The monoisotopic (exact) mass is 327 g/mol. The summed E-state index contributed by atoms with van der Waals surface area (Å²) in [6.07, 6.45) is -0.482. The topological polar surface area (TPSA) is 119 Å². The molecule has 128 valence electrons. The molecule has 0 saturated heterocycles. The maximum Gasteiger partial charge on any atom is 0.305 e. The second-order valence-corrected chi connectivity index (χ2v) is 4.87. The number of rotatable bonds is 9. The number of hydrogen-bond acceptors (Lipinski definition) is 7. The van der Waals surface area contributed by atoms with Crippen molar-refractivity contribution < 1.29 is 29.4 Å². The molecule has 1 unspecified atom stereocenters. The van der Waals surface area contributed by atoms with E-state index in [0.717, 1.165) is 0 Å². The molecule has 0 aliphatic carbocycles. The van der Waals surface area contributed by atoms with Gasteiger partial charge < -0.3 is 19.7 Å². The van der Waals surface area contributed by atoms with Crippen molar-refractivity contribution in [2.75, 3.05) is 13.2 Å². The molecule has 0 spiro atoms. The lowest BCUT2D eigenvalue weighted by atomic mass is 10.0. The van der Waals surface area contributed by atoms with Crippen molar-refractivity contribution in [2.45, 2.75) is 39.4 Å². The van der Waals surface area contributed by atoms with Gasteiger partial charge in [0, 0.05) is 12.0 Å². The van der Waals surface area contributed by atoms with Gasteiger partial charge in [-0.2, -0.15) is 0 Å². The van der Waals surface area contributed by atoms with Crippen molar-refractivity contribution in [1.82, 2.24) is 0 Å². The first kappa shape index (κ1) is 18.9. The Morgan fingerprint density at radius 1 is 1.43 bits per heavy atom. The van der Waals surface area contributed by atoms with E-state index in [1.807, 2.05) is 0 Å². The highest BCUT2D eigenvalue weighted by atomic mass is 16.6. The van der Waals surface area contributed by atoms with E-state index in [9.17, 15) is 25.1 Å². The molecule has 0 fully saturated rings. The van der Waals surface area contributed by atoms with Crippen LogP contribution in [0.15, 0.2) is 12.1 Å². The van der Waals surface area contributed by atoms with Gasteiger partial charge in [0.15, 0.2) is 0 Å². The maximum absolute atomic E-state index is 11.2. The molecule has 0 bridgehead atoms. The minimum Gasteiger partial charge on any atom is -0.493 e. The van der Waals surface area contributed by atoms with Gasteiger partial charge in [0.1, 0.15) is 5.75 Å². The minimum atomic E-state index is -1.04. The van der Waals surface area contributed by atoms with Crippen molar-refractivity contribution in [3.05, 3.63) is 33.4 Å². The Labute approximate surface area is 133 Å². The third kappa shape index (κ3) is 5.50. The molecule has 0 aromatic heterocycles. The number of nitrogens with zero attached hydrogens (tertiary/aromatic N) is 1. The first-order chi connectivity index (χ1) is 10.9. The number of benzene rings is 1. The SMILES string of the molecule is CCOC(=O)CCCOc1cc([N+](=O)[O-])c(C(C)O)cc1CO. The highest BCUT2D eigenvalue weighted by Gasteiger charge is 2.21. The quantitative estimate of drug-likeness (QED) is 0.307. The lowest BCUT2D eigenvalue weighted by Crippen LogP contribution is -2.08. The van der Waals surface area contributed by atoms with E-state index < -0.39 is 11.0 Å². The van der Waals surface area contributed by atoms with Gasteiger partial charge in [-0.3, -0.25) is 14.9 Å². The fraction of sp³-hybridized carbons (Fsp3) is 0.533. The van der Waals surface area contributed by atoms with E-state index in [1.165, 1.54) is 19.1 Å². The third-order valence-corrected chi connectivity index (χ3v) is 3.12. The van der Waals surface area contributed by atoms with Crippen LogP contribution in [0.25, 0.3) is 0 Å². The van der Waals surface area contributed by atoms with Crippen LogP contribution in [0.1, 0.15) is 43.9 Å². The lowest BCUT2D eigenvalue weighted by molar-refractivity contribution is -0.386. The van der Waals surface area contributed by atoms with E-state index in [0.29, 0.717) is 18.6 Å². The molecular formula is C15H21NO7. The minimum absolute atomic E-state index is 0.109. The molecule has 8 heteroatoms. The van der Waals surface area contributed by atoms with Gasteiger partial charge in [-0.05, 0) is 26.3 Å². The van der Waals surface area contributed by atoms with Crippen LogP contribution in [-0.4, -0.2) is 34.3 Å². The summed E-state index contributed by atoms with van der Waals surface area (Å²) in [7, 11) is 0.